The van der Waals surface area contributed by atoms with Crippen LogP contribution in [0.2, 0.25) is 0 Å². The van der Waals surface area contributed by atoms with E-state index in [9.17, 15) is 43.5 Å². The third kappa shape index (κ3) is 34.3. The average molecular weight is 1420 g/mol. The molecule has 0 bridgehead atoms. The number of benzene rings is 4. The van der Waals surface area contributed by atoms with E-state index in [0.717, 1.165) is 59.4 Å². The molecule has 1 N–H and O–H groups in total. The summed E-state index contributed by atoms with van der Waals surface area (Å²) in [6.07, 6.45) is 6.67. The molecule has 0 spiro atoms. The van der Waals surface area contributed by atoms with E-state index < -0.39 is 11.9 Å². The number of ketones is 7. The van der Waals surface area contributed by atoms with Gasteiger partial charge in [0, 0.05) is 87.0 Å². The highest BCUT2D eigenvalue weighted by Gasteiger charge is 2.29. The van der Waals surface area contributed by atoms with Crippen molar-refractivity contribution in [3.8, 4) is 0 Å². The second-order valence-electron chi connectivity index (χ2n) is 25.2. The zero-order valence-electron chi connectivity index (χ0n) is 52.9. The van der Waals surface area contributed by atoms with Crippen LogP contribution in [0, 0.1) is 71.0 Å². The lowest BCUT2D eigenvalue weighted by molar-refractivity contribution is -0.144. The van der Waals surface area contributed by atoms with Gasteiger partial charge in [0.25, 0.3) is 0 Å². The van der Waals surface area contributed by atoms with Crippen molar-refractivity contribution in [3.05, 3.63) is 137 Å². The number of Topliss-reactive ketones (excluding diaryl/α,β-unsaturated/α-hetero) is 7. The molecule has 0 fully saturated rings. The molecule has 0 amide bonds. The summed E-state index contributed by atoms with van der Waals surface area (Å²) in [7, 11) is 0. The van der Waals surface area contributed by atoms with Crippen LogP contribution in [0.5, 0.6) is 0 Å². The van der Waals surface area contributed by atoms with Crippen LogP contribution in [0.3, 0.4) is 0 Å². The molecular formula is C71H98Br4O9. The summed E-state index contributed by atoms with van der Waals surface area (Å²) in [6.45, 7) is 29.6. The Labute approximate surface area is 538 Å². The Morgan fingerprint density at radius 2 is 0.476 bits per heavy atom. The standard InChI is InChI=1S/3C18H25BrO2.C17H23BrO3/c3*1-12(2)9-18(14(4)20)13(3)10-17(21)11-15-5-7-16(19)8-6-15;1-11(2)8-16(17(20)21)12(3)9-15(19)10-13-4-6-14(18)7-5-13/h3*5-8,12-13,18H,9-11H2,1-4H3;4-7,11-12,16H,8-10H2,1-3H3,(H,20,21)/t2*13-,18+;13-,18-;12-,16-/m1010/s1. The molecule has 0 aliphatic carbocycles. The highest BCUT2D eigenvalue weighted by atomic mass is 79.9. The van der Waals surface area contributed by atoms with Crippen LogP contribution in [0.15, 0.2) is 115 Å². The van der Waals surface area contributed by atoms with E-state index >= 15 is 0 Å². The van der Waals surface area contributed by atoms with Crippen molar-refractivity contribution < 1.29 is 43.5 Å². The van der Waals surface area contributed by atoms with Crippen molar-refractivity contribution in [2.45, 2.75) is 181 Å². The number of hydrogen-bond donors (Lipinski definition) is 1. The first-order valence-corrected chi connectivity index (χ1v) is 33.1. The van der Waals surface area contributed by atoms with E-state index in [-0.39, 0.29) is 81.9 Å². The summed E-state index contributed by atoms with van der Waals surface area (Å²) in [5.41, 5.74) is 4.04. The van der Waals surface area contributed by atoms with Crippen LogP contribution < -0.4 is 0 Å². The van der Waals surface area contributed by atoms with E-state index in [2.05, 4.69) is 105 Å². The summed E-state index contributed by atoms with van der Waals surface area (Å²) >= 11 is 13.5. The van der Waals surface area contributed by atoms with Crippen molar-refractivity contribution in [3.63, 3.8) is 0 Å². The third-order valence-corrected chi connectivity index (χ3v) is 17.1. The SMILES string of the molecule is CC(=O)[C@@H](CC(C)C)[C@H](C)CC(=O)Cc1ccc(Br)cc1.CC(=O)[C@H](CC(C)C)[C@@H](C)CC(=O)Cc1ccc(Br)cc1.CC(=O)[C@H](CC(C)C)[C@H](C)CC(=O)Cc1ccc(Br)cc1.CC(C)C[C@H](C(=O)O)[C@@H](C)CC(=O)Cc1ccc(Br)cc1. The molecule has 0 saturated heterocycles. The van der Waals surface area contributed by atoms with Crippen molar-refractivity contribution in [2.75, 3.05) is 0 Å². The molecule has 0 aliphatic heterocycles. The first-order chi connectivity index (χ1) is 39.2. The summed E-state index contributed by atoms with van der Waals surface area (Å²) in [5.74, 6) is 2.04. The van der Waals surface area contributed by atoms with Gasteiger partial charge >= 0.3 is 5.97 Å². The molecule has 9 nitrogen and oxygen atoms in total. The Morgan fingerprint density at radius 3 is 0.631 bits per heavy atom. The molecule has 13 heteroatoms. The highest BCUT2D eigenvalue weighted by Crippen LogP contribution is 2.29. The minimum Gasteiger partial charge on any atom is -0.481 e. The number of halogens is 4. The van der Waals surface area contributed by atoms with Gasteiger partial charge in [-0.1, -0.05) is 195 Å². The van der Waals surface area contributed by atoms with Crippen LogP contribution in [-0.2, 0) is 64.0 Å². The smallest absolute Gasteiger partial charge is 0.306 e. The van der Waals surface area contributed by atoms with Crippen LogP contribution in [-0.4, -0.2) is 51.6 Å². The predicted molar refractivity (Wildman–Crippen MR) is 358 cm³/mol. The van der Waals surface area contributed by atoms with Gasteiger partial charge in [-0.15, -0.1) is 0 Å². The predicted octanol–water partition coefficient (Wildman–Crippen LogP) is 18.8. The van der Waals surface area contributed by atoms with Gasteiger partial charge in [-0.2, -0.15) is 0 Å². The maximum atomic E-state index is 12.2. The molecule has 0 saturated carbocycles. The Hall–Kier alpha value is -4.04. The number of carboxylic acid groups (broad SMARTS) is 1. The number of hydrogen-bond acceptors (Lipinski definition) is 8. The van der Waals surface area contributed by atoms with E-state index in [0.29, 0.717) is 81.5 Å². The highest BCUT2D eigenvalue weighted by molar-refractivity contribution is 9.11. The Balaban J connectivity index is 0.000000560. The number of carbonyl (C=O) groups is 8. The van der Waals surface area contributed by atoms with Crippen LogP contribution >= 0.6 is 63.7 Å². The number of rotatable bonds is 32. The van der Waals surface area contributed by atoms with E-state index in [1.165, 1.54) is 0 Å². The summed E-state index contributed by atoms with van der Waals surface area (Å²) in [6, 6.07) is 31.1. The van der Waals surface area contributed by atoms with Crippen molar-refractivity contribution in [2.24, 2.45) is 71.0 Å². The van der Waals surface area contributed by atoms with Gasteiger partial charge in [0.15, 0.2) is 0 Å². The lowest BCUT2D eigenvalue weighted by Gasteiger charge is -2.22. The number of carboxylic acids is 1. The summed E-state index contributed by atoms with van der Waals surface area (Å²) < 4.78 is 4.02. The molecule has 4 rings (SSSR count). The molecule has 8 atom stereocenters. The van der Waals surface area contributed by atoms with Crippen molar-refractivity contribution in [1.29, 1.82) is 0 Å². The fourth-order valence-corrected chi connectivity index (χ4v) is 11.7. The lowest BCUT2D eigenvalue weighted by Crippen LogP contribution is -2.25. The second kappa shape index (κ2) is 41.2. The minimum absolute atomic E-state index is 0.00105. The Morgan fingerprint density at radius 1 is 0.310 bits per heavy atom. The van der Waals surface area contributed by atoms with Gasteiger partial charge in [-0.25, -0.2) is 0 Å². The number of aliphatic carboxylic acids is 1. The van der Waals surface area contributed by atoms with E-state index in [1.807, 2.05) is 139 Å². The van der Waals surface area contributed by atoms with Gasteiger partial charge in [0.05, 0.1) is 5.92 Å². The topological polar surface area (TPSA) is 157 Å². The van der Waals surface area contributed by atoms with Gasteiger partial charge in [0.1, 0.15) is 40.5 Å². The third-order valence-electron chi connectivity index (χ3n) is 15.0. The Kier molecular flexibility index (Phi) is 38.2. The summed E-state index contributed by atoms with van der Waals surface area (Å²) in [5, 5.41) is 9.31. The largest absolute Gasteiger partial charge is 0.481 e. The summed E-state index contributed by atoms with van der Waals surface area (Å²) in [4.78, 5) is 95.4. The van der Waals surface area contributed by atoms with Crippen molar-refractivity contribution in [1.82, 2.24) is 0 Å². The zero-order valence-corrected chi connectivity index (χ0v) is 59.2. The molecule has 0 aromatic heterocycles. The molecule has 0 heterocycles. The fourth-order valence-electron chi connectivity index (χ4n) is 10.6. The zero-order chi connectivity index (χ0) is 64.0. The van der Waals surface area contributed by atoms with Crippen LogP contribution in [0.25, 0.3) is 0 Å². The normalized spacial score (nSPS) is 14.0. The lowest BCUT2D eigenvalue weighted by atomic mass is 9.81. The van der Waals surface area contributed by atoms with E-state index in [4.69, 9.17) is 0 Å². The quantitative estimate of drug-likeness (QED) is 0.0503. The number of carbonyl (C=O) groups excluding carboxylic acids is 7. The van der Waals surface area contributed by atoms with Gasteiger partial charge in [-0.05, 0) is 165 Å². The molecule has 4 aromatic carbocycles. The minimum atomic E-state index is -0.798. The van der Waals surface area contributed by atoms with Crippen LogP contribution in [0.1, 0.15) is 177 Å². The molecule has 464 valence electrons. The first kappa shape index (κ1) is 78.0. The molecule has 0 aliphatic rings. The molecule has 0 unspecified atom stereocenters. The first-order valence-electron chi connectivity index (χ1n) is 30.0. The molecule has 84 heavy (non-hydrogen) atoms. The van der Waals surface area contributed by atoms with E-state index in [1.54, 1.807) is 20.8 Å². The van der Waals surface area contributed by atoms with Gasteiger partial charge in [-0.3, -0.25) is 38.4 Å². The van der Waals surface area contributed by atoms with Crippen molar-refractivity contribution >= 4 is 110 Å². The Bertz CT molecular complexity index is 2280. The average Bonchev–Trinajstić information content (AvgIpc) is 3.45. The molecular weight excluding hydrogens is 1320 g/mol. The monoisotopic (exact) mass is 1410 g/mol. The second-order valence-corrected chi connectivity index (χ2v) is 28.9. The maximum Gasteiger partial charge on any atom is 0.306 e. The maximum absolute atomic E-state index is 12.2. The molecule has 0 radical (unpaired) electrons. The fraction of sp³-hybridized carbons (Fsp3) is 0.549. The van der Waals surface area contributed by atoms with Gasteiger partial charge < -0.3 is 5.11 Å². The van der Waals surface area contributed by atoms with Crippen LogP contribution in [0.4, 0.5) is 0 Å². The molecule has 4 aromatic rings. The van der Waals surface area contributed by atoms with Gasteiger partial charge in [0.2, 0.25) is 0 Å².